The van der Waals surface area contributed by atoms with E-state index in [4.69, 9.17) is 5.11 Å². The van der Waals surface area contributed by atoms with E-state index in [2.05, 4.69) is 12.1 Å². The van der Waals surface area contributed by atoms with Gasteiger partial charge in [-0.05, 0) is 18.2 Å². The molecule has 0 aromatic heterocycles. The van der Waals surface area contributed by atoms with Gasteiger partial charge in [-0.15, -0.1) is 0 Å². The standard InChI is InChI=1S/C6H4O/c7-6-4-2-1-3-5-6/h1-2,5,7H. The smallest absolute Gasteiger partial charge is 0.124 e. The van der Waals surface area contributed by atoms with E-state index < -0.39 is 0 Å². The van der Waals surface area contributed by atoms with Gasteiger partial charge < -0.3 is 5.11 Å². The van der Waals surface area contributed by atoms with Gasteiger partial charge in [-0.1, -0.05) is 6.07 Å². The minimum absolute atomic E-state index is 0.141. The molecule has 0 aliphatic heterocycles. The fraction of sp³-hybridized carbons (Fsp3) is 0. The average Bonchev–Trinajstić information content (AvgIpc) is 1.69. The number of rotatable bonds is 0. The Morgan fingerprint density at radius 3 is 2.57 bits per heavy atom. The summed E-state index contributed by atoms with van der Waals surface area (Å²) in [5, 5.41) is 8.55. The van der Waals surface area contributed by atoms with E-state index in [0.29, 0.717) is 0 Å². The first-order valence-corrected chi connectivity index (χ1v) is 1.96. The molecule has 0 spiro atoms. The molecule has 0 unspecified atom stereocenters. The lowest BCUT2D eigenvalue weighted by Crippen LogP contribution is -1.58. The third-order valence-corrected chi connectivity index (χ3v) is 0.631. The molecule has 1 heteroatoms. The Labute approximate surface area is 42.2 Å². The molecule has 0 fully saturated rings. The highest BCUT2D eigenvalue weighted by Gasteiger charge is 1.76. The van der Waals surface area contributed by atoms with Crippen molar-refractivity contribution in [3.63, 3.8) is 0 Å². The van der Waals surface area contributed by atoms with E-state index in [0.717, 1.165) is 0 Å². The van der Waals surface area contributed by atoms with Crippen LogP contribution in [0.4, 0.5) is 0 Å². The minimum Gasteiger partial charge on any atom is -0.507 e. The summed E-state index contributed by atoms with van der Waals surface area (Å²) in [7, 11) is 0. The van der Waals surface area contributed by atoms with Crippen molar-refractivity contribution >= 4 is 0 Å². The molecule has 0 heterocycles. The molecule has 2 radical (unpaired) electrons. The molecule has 0 aliphatic carbocycles. The van der Waals surface area contributed by atoms with Crippen molar-refractivity contribution in [2.45, 2.75) is 0 Å². The summed E-state index contributed by atoms with van der Waals surface area (Å²) in [6.45, 7) is 0. The van der Waals surface area contributed by atoms with Crippen molar-refractivity contribution in [2.24, 2.45) is 0 Å². The topological polar surface area (TPSA) is 20.2 Å². The first-order chi connectivity index (χ1) is 3.39. The molecule has 0 saturated heterocycles. The van der Waals surface area contributed by atoms with Crippen molar-refractivity contribution < 1.29 is 5.11 Å². The molecule has 0 aliphatic rings. The molecule has 1 aromatic rings. The van der Waals surface area contributed by atoms with Crippen LogP contribution in [-0.2, 0) is 0 Å². The second-order valence-electron chi connectivity index (χ2n) is 1.17. The van der Waals surface area contributed by atoms with Crippen LogP contribution in [0.25, 0.3) is 0 Å². The normalized spacial score (nSPS) is 8.57. The largest absolute Gasteiger partial charge is 0.507 e. The lowest BCUT2D eigenvalue weighted by Gasteiger charge is -1.80. The fourth-order valence-corrected chi connectivity index (χ4v) is 0.344. The zero-order valence-corrected chi connectivity index (χ0v) is 3.68. The van der Waals surface area contributed by atoms with Crippen LogP contribution < -0.4 is 0 Å². The van der Waals surface area contributed by atoms with Gasteiger partial charge >= 0.3 is 0 Å². The highest BCUT2D eigenvalue weighted by molar-refractivity contribution is 5.15. The lowest BCUT2D eigenvalue weighted by atomic mass is 10.3. The maximum Gasteiger partial charge on any atom is 0.124 e. The molecule has 0 bridgehead atoms. The molecule has 0 saturated carbocycles. The Kier molecular flexibility index (Phi) is 0.984. The number of phenols is 1. The number of hydrogen-bond acceptors (Lipinski definition) is 1. The number of benzene rings is 1. The van der Waals surface area contributed by atoms with E-state index >= 15 is 0 Å². The third-order valence-electron chi connectivity index (χ3n) is 0.631. The van der Waals surface area contributed by atoms with E-state index in [1.165, 1.54) is 6.07 Å². The van der Waals surface area contributed by atoms with Crippen LogP contribution in [-0.4, -0.2) is 5.11 Å². The van der Waals surface area contributed by atoms with Gasteiger partial charge in [0.25, 0.3) is 0 Å². The molecule has 1 rings (SSSR count). The second kappa shape index (κ2) is 1.65. The van der Waals surface area contributed by atoms with Gasteiger partial charge in [0.05, 0.1) is 0 Å². The Morgan fingerprint density at radius 2 is 2.29 bits per heavy atom. The van der Waals surface area contributed by atoms with Crippen LogP contribution in [0.3, 0.4) is 0 Å². The molecule has 0 amide bonds. The SMILES string of the molecule is Oc1[c]cc[c]c1. The average molecular weight is 92.1 g/mol. The number of phenolic OH excluding ortho intramolecular Hbond substituents is 1. The molecule has 7 heavy (non-hydrogen) atoms. The predicted molar refractivity (Wildman–Crippen MR) is 25.8 cm³/mol. The minimum atomic E-state index is 0.141. The molecule has 0 atom stereocenters. The molecular weight excluding hydrogens is 88.1 g/mol. The predicted octanol–water partition coefficient (Wildman–Crippen LogP) is 0.993. The van der Waals surface area contributed by atoms with E-state index in [-0.39, 0.29) is 5.75 Å². The Hall–Kier alpha value is -0.980. The van der Waals surface area contributed by atoms with E-state index in [1.807, 2.05) is 0 Å². The fourth-order valence-electron chi connectivity index (χ4n) is 0.344. The highest BCUT2D eigenvalue weighted by atomic mass is 16.3. The Bertz CT molecular complexity index is 134. The van der Waals surface area contributed by atoms with Gasteiger partial charge in [0.1, 0.15) is 5.75 Å². The summed E-state index contributed by atoms with van der Waals surface area (Å²) in [4.78, 5) is 0. The van der Waals surface area contributed by atoms with Crippen LogP contribution in [0.15, 0.2) is 18.2 Å². The zero-order chi connectivity index (χ0) is 5.11. The van der Waals surface area contributed by atoms with Gasteiger partial charge in [0.2, 0.25) is 0 Å². The monoisotopic (exact) mass is 92.0 g/mol. The van der Waals surface area contributed by atoms with Gasteiger partial charge in [-0.25, -0.2) is 0 Å². The summed E-state index contributed by atoms with van der Waals surface area (Å²) >= 11 is 0. The summed E-state index contributed by atoms with van der Waals surface area (Å²) < 4.78 is 0. The van der Waals surface area contributed by atoms with Crippen LogP contribution in [0, 0.1) is 12.1 Å². The number of hydrogen-bond donors (Lipinski definition) is 1. The summed E-state index contributed by atoms with van der Waals surface area (Å²) in [5.41, 5.74) is 0. The maximum absolute atomic E-state index is 8.55. The Balaban J connectivity index is 3.02. The van der Waals surface area contributed by atoms with Gasteiger partial charge in [0.15, 0.2) is 0 Å². The summed E-state index contributed by atoms with van der Waals surface area (Å²) in [5.74, 6) is 0.141. The molecule has 1 N–H and O–H groups in total. The van der Waals surface area contributed by atoms with Crippen LogP contribution in [0.2, 0.25) is 0 Å². The van der Waals surface area contributed by atoms with Gasteiger partial charge in [0, 0.05) is 6.07 Å². The lowest BCUT2D eigenvalue weighted by molar-refractivity contribution is 0.474. The highest BCUT2D eigenvalue weighted by Crippen LogP contribution is 2.00. The van der Waals surface area contributed by atoms with Gasteiger partial charge in [-0.2, -0.15) is 0 Å². The quantitative estimate of drug-likeness (QED) is 0.506. The molecular formula is C6H4O. The zero-order valence-electron chi connectivity index (χ0n) is 3.68. The first kappa shape index (κ1) is 4.19. The van der Waals surface area contributed by atoms with Crippen molar-refractivity contribution in [1.29, 1.82) is 0 Å². The second-order valence-corrected chi connectivity index (χ2v) is 1.17. The van der Waals surface area contributed by atoms with Crippen LogP contribution in [0.5, 0.6) is 5.75 Å². The van der Waals surface area contributed by atoms with Crippen molar-refractivity contribution in [2.75, 3.05) is 0 Å². The summed E-state index contributed by atoms with van der Waals surface area (Å²) in [6, 6.07) is 9.98. The van der Waals surface area contributed by atoms with Crippen molar-refractivity contribution in [3.05, 3.63) is 30.3 Å². The third kappa shape index (κ3) is 0.929. The van der Waals surface area contributed by atoms with Crippen LogP contribution in [0.1, 0.15) is 0 Å². The van der Waals surface area contributed by atoms with Crippen molar-refractivity contribution in [3.8, 4) is 5.75 Å². The molecule has 1 nitrogen and oxygen atoms in total. The molecule has 1 aromatic carbocycles. The van der Waals surface area contributed by atoms with Gasteiger partial charge in [-0.3, -0.25) is 0 Å². The van der Waals surface area contributed by atoms with E-state index in [1.54, 1.807) is 12.1 Å². The summed E-state index contributed by atoms with van der Waals surface area (Å²) in [6.07, 6.45) is 0. The first-order valence-electron chi connectivity index (χ1n) is 1.96. The van der Waals surface area contributed by atoms with Crippen LogP contribution >= 0.6 is 0 Å². The van der Waals surface area contributed by atoms with E-state index in [9.17, 15) is 0 Å². The molecule has 34 valence electrons. The maximum atomic E-state index is 8.55. The Morgan fingerprint density at radius 1 is 1.43 bits per heavy atom. The van der Waals surface area contributed by atoms with Crippen molar-refractivity contribution in [1.82, 2.24) is 0 Å². The number of aromatic hydroxyl groups is 1.